The van der Waals surface area contributed by atoms with Gasteiger partial charge in [-0.1, -0.05) is 85.2 Å². The van der Waals surface area contributed by atoms with Crippen molar-refractivity contribution in [1.82, 2.24) is 25.8 Å². The predicted octanol–water partition coefficient (Wildman–Crippen LogP) is 3.67. The van der Waals surface area contributed by atoms with Gasteiger partial charge >= 0.3 is 6.09 Å². The first-order chi connectivity index (χ1) is 25.4. The van der Waals surface area contributed by atoms with Crippen LogP contribution in [0.3, 0.4) is 0 Å². The molecule has 1 heterocycles. The average molecular weight is 762 g/mol. The van der Waals surface area contributed by atoms with Crippen LogP contribution in [0, 0.1) is 23.7 Å². The van der Waals surface area contributed by atoms with Crippen LogP contribution in [0.15, 0.2) is 30.3 Å². The van der Waals surface area contributed by atoms with Gasteiger partial charge in [-0.15, -0.1) is 0 Å². The Morgan fingerprint density at radius 2 is 1.56 bits per heavy atom. The fourth-order valence-electron chi connectivity index (χ4n) is 7.31. The van der Waals surface area contributed by atoms with E-state index in [4.69, 9.17) is 14.2 Å². The summed E-state index contributed by atoms with van der Waals surface area (Å²) >= 11 is 0. The second-order valence-electron chi connectivity index (χ2n) is 15.3. The van der Waals surface area contributed by atoms with E-state index >= 15 is 0 Å². The molecule has 14 nitrogen and oxygen atoms in total. The molecule has 5 amide bonds. The lowest BCUT2D eigenvalue weighted by molar-refractivity contribution is -0.148. The summed E-state index contributed by atoms with van der Waals surface area (Å²) in [5, 5.41) is 18.9. The lowest BCUT2D eigenvalue weighted by Gasteiger charge is -2.41. The second kappa shape index (κ2) is 22.0. The van der Waals surface area contributed by atoms with E-state index in [9.17, 15) is 29.1 Å². The monoisotopic (exact) mass is 761 g/mol. The molecule has 1 aromatic carbocycles. The van der Waals surface area contributed by atoms with Crippen molar-refractivity contribution in [3.63, 3.8) is 0 Å². The van der Waals surface area contributed by atoms with E-state index in [2.05, 4.69) is 16.0 Å². The first-order valence-electron chi connectivity index (χ1n) is 19.3. The highest BCUT2D eigenvalue weighted by Crippen LogP contribution is 2.30. The minimum Gasteiger partial charge on any atom is -0.436 e. The fourth-order valence-corrected chi connectivity index (χ4v) is 7.31. The zero-order valence-electron chi connectivity index (χ0n) is 34.5. The summed E-state index contributed by atoms with van der Waals surface area (Å²) in [6.45, 7) is 15.1. The molecule has 2 rings (SSSR count). The highest BCUT2D eigenvalue weighted by molar-refractivity contribution is 5.90. The summed E-state index contributed by atoms with van der Waals surface area (Å²) < 4.78 is 17.2. The van der Waals surface area contributed by atoms with Crippen molar-refractivity contribution >= 4 is 29.7 Å². The molecule has 0 aromatic heterocycles. The maximum absolute atomic E-state index is 14.2. The van der Waals surface area contributed by atoms with Gasteiger partial charge in [0.25, 0.3) is 5.91 Å². The third-order valence-corrected chi connectivity index (χ3v) is 10.8. The number of aliphatic hydroxyl groups excluding tert-OH is 1. The van der Waals surface area contributed by atoms with Gasteiger partial charge in [0.15, 0.2) is 6.10 Å². The van der Waals surface area contributed by atoms with E-state index in [0.717, 1.165) is 6.42 Å². The Morgan fingerprint density at radius 1 is 0.926 bits per heavy atom. The Morgan fingerprint density at radius 3 is 2.07 bits per heavy atom. The quantitative estimate of drug-likeness (QED) is 0.155. The van der Waals surface area contributed by atoms with Gasteiger partial charge in [-0.2, -0.15) is 0 Å². The molecule has 54 heavy (non-hydrogen) atoms. The summed E-state index contributed by atoms with van der Waals surface area (Å²) in [7, 11) is 6.12. The first-order valence-corrected chi connectivity index (χ1v) is 19.3. The summed E-state index contributed by atoms with van der Waals surface area (Å²) in [5.41, 5.74) is 0.696. The van der Waals surface area contributed by atoms with Gasteiger partial charge in [0.2, 0.25) is 17.7 Å². The van der Waals surface area contributed by atoms with Crippen molar-refractivity contribution in [2.75, 3.05) is 34.9 Å². The van der Waals surface area contributed by atoms with Crippen molar-refractivity contribution < 1.29 is 43.3 Å². The number of nitrogens with zero attached hydrogens (tertiary/aromatic N) is 2. The number of carbonyl (C=O) groups is 5. The molecule has 0 unspecified atom stereocenters. The maximum atomic E-state index is 14.2. The molecule has 306 valence electrons. The zero-order chi connectivity index (χ0) is 40.9. The molecule has 1 aromatic rings. The van der Waals surface area contributed by atoms with Gasteiger partial charge < -0.3 is 45.1 Å². The number of alkyl carbamates (subject to hydrolysis) is 1. The summed E-state index contributed by atoms with van der Waals surface area (Å²) in [6.07, 6.45) is -2.01. The van der Waals surface area contributed by atoms with Crippen LogP contribution in [-0.4, -0.2) is 122 Å². The van der Waals surface area contributed by atoms with Crippen molar-refractivity contribution in [2.45, 2.75) is 130 Å². The zero-order valence-corrected chi connectivity index (χ0v) is 34.5. The molecule has 0 aliphatic carbocycles. The van der Waals surface area contributed by atoms with E-state index in [0.29, 0.717) is 24.9 Å². The normalized spacial score (nSPS) is 19.5. The standard InChI is InChI=1S/C40H67N5O9/c1-13-25(6)33(44(10)39(50)32(23(2)3)43-38(49)35(24(4)5)54-40(51)41-9)30(52-11)22-31(46)45-21-17-20-29(45)36(53-12)26(7)37(48)42-27(8)34(47)28-18-15-14-16-19-28/h14-16,18-19,23-27,29-30,32-36,47H,13,17,20-22H2,1-12H3,(H,41,51)(H,42,48)(H,43,49)/t25-,26-,27-,29+,30-,32+,33+,34-,35+,36-/m1/s1. The summed E-state index contributed by atoms with van der Waals surface area (Å²) in [5.74, 6) is -2.77. The number of carbonyl (C=O) groups excluding carboxylic acids is 5. The number of ether oxygens (including phenoxy) is 3. The Kier molecular flexibility index (Phi) is 18.9. The lowest BCUT2D eigenvalue weighted by Crippen LogP contribution is -2.59. The number of benzene rings is 1. The van der Waals surface area contributed by atoms with Crippen LogP contribution in [0.1, 0.15) is 92.7 Å². The van der Waals surface area contributed by atoms with E-state index < -0.39 is 60.5 Å². The molecule has 0 spiro atoms. The largest absolute Gasteiger partial charge is 0.436 e. The van der Waals surface area contributed by atoms with Gasteiger partial charge in [-0.05, 0) is 43.1 Å². The molecule has 1 fully saturated rings. The van der Waals surface area contributed by atoms with Gasteiger partial charge in [-0.3, -0.25) is 19.2 Å². The van der Waals surface area contributed by atoms with Gasteiger partial charge in [-0.25, -0.2) is 4.79 Å². The second-order valence-corrected chi connectivity index (χ2v) is 15.3. The van der Waals surface area contributed by atoms with Crippen LogP contribution in [0.4, 0.5) is 4.79 Å². The maximum Gasteiger partial charge on any atom is 0.407 e. The molecule has 1 aliphatic heterocycles. The molecule has 1 saturated heterocycles. The number of methoxy groups -OCH3 is 2. The molecule has 0 saturated carbocycles. The summed E-state index contributed by atoms with van der Waals surface area (Å²) in [6, 6.07) is 6.73. The number of hydrogen-bond donors (Lipinski definition) is 4. The first kappa shape index (κ1) is 46.4. The van der Waals surface area contributed by atoms with Crippen LogP contribution in [0.25, 0.3) is 0 Å². The Balaban J connectivity index is 2.26. The molecular weight excluding hydrogens is 694 g/mol. The minimum absolute atomic E-state index is 0.0228. The molecule has 4 N–H and O–H groups in total. The van der Waals surface area contributed by atoms with Gasteiger partial charge in [0.1, 0.15) is 6.04 Å². The van der Waals surface area contributed by atoms with Crippen LogP contribution >= 0.6 is 0 Å². The SMILES string of the molecule is CC[C@@H](C)[C@@H]([C@@H](CC(=O)N1CCC[C@H]1[C@H](OC)[C@@H](C)C(=O)N[C@H](C)[C@@H](O)c1ccccc1)OC)N(C)C(=O)[C@@H](NC(=O)[C@@H](OC(=O)NC)C(C)C)C(C)C. The number of likely N-dealkylation sites (tertiary alicyclic amines) is 1. The van der Waals surface area contributed by atoms with Crippen LogP contribution in [-0.2, 0) is 33.4 Å². The summed E-state index contributed by atoms with van der Waals surface area (Å²) in [4.78, 5) is 70.5. The van der Waals surface area contributed by atoms with Crippen molar-refractivity contribution in [2.24, 2.45) is 23.7 Å². The molecule has 1 aliphatic rings. The Hall–Kier alpha value is -3.75. The van der Waals surface area contributed by atoms with Crippen LogP contribution in [0.2, 0.25) is 0 Å². The Bertz CT molecular complexity index is 1360. The van der Waals surface area contributed by atoms with Crippen LogP contribution < -0.4 is 16.0 Å². The van der Waals surface area contributed by atoms with E-state index in [-0.39, 0.29) is 47.9 Å². The third-order valence-electron chi connectivity index (χ3n) is 10.8. The number of rotatable bonds is 20. The topological polar surface area (TPSA) is 176 Å². The molecule has 0 bridgehead atoms. The van der Waals surface area contributed by atoms with Gasteiger partial charge in [0, 0.05) is 34.9 Å². The Labute approximate surface area is 322 Å². The average Bonchev–Trinajstić information content (AvgIpc) is 3.64. The fraction of sp³-hybridized carbons (Fsp3) is 0.725. The highest BCUT2D eigenvalue weighted by Gasteiger charge is 2.43. The molecular formula is C40H67N5O9. The number of nitrogens with one attached hydrogen (secondary N) is 3. The smallest absolute Gasteiger partial charge is 0.407 e. The number of likely N-dealkylation sites (N-methyl/N-ethyl adjacent to an activating group) is 1. The molecule has 10 atom stereocenters. The number of amides is 5. The predicted molar refractivity (Wildman–Crippen MR) is 206 cm³/mol. The molecule has 14 heteroatoms. The van der Waals surface area contributed by atoms with E-state index in [1.807, 2.05) is 45.9 Å². The lowest BCUT2D eigenvalue weighted by atomic mass is 9.89. The van der Waals surface area contributed by atoms with E-state index in [1.165, 1.54) is 21.3 Å². The van der Waals surface area contributed by atoms with Crippen LogP contribution in [0.5, 0.6) is 0 Å². The van der Waals surface area contributed by atoms with Crippen molar-refractivity contribution in [1.29, 1.82) is 0 Å². The minimum atomic E-state index is -1.11. The third kappa shape index (κ3) is 12.1. The number of hydrogen-bond acceptors (Lipinski definition) is 9. The van der Waals surface area contributed by atoms with Crippen molar-refractivity contribution in [3.8, 4) is 0 Å². The molecule has 0 radical (unpaired) electrons. The highest BCUT2D eigenvalue weighted by atomic mass is 16.6. The van der Waals surface area contributed by atoms with Gasteiger partial charge in [0.05, 0.1) is 48.8 Å². The number of aliphatic hydroxyl groups is 1. The van der Waals surface area contributed by atoms with E-state index in [1.54, 1.807) is 56.7 Å². The van der Waals surface area contributed by atoms with Crippen molar-refractivity contribution in [3.05, 3.63) is 35.9 Å².